The number of para-hydroxylation sites is 1. The lowest BCUT2D eigenvalue weighted by Gasteiger charge is -2.25. The van der Waals surface area contributed by atoms with Crippen LogP contribution in [0.1, 0.15) is 18.1 Å². The Kier molecular flexibility index (Phi) is 5.28. The molecule has 0 saturated heterocycles. The van der Waals surface area contributed by atoms with Gasteiger partial charge < -0.3 is 5.11 Å². The molecule has 2 aromatic carbocycles. The van der Waals surface area contributed by atoms with Crippen molar-refractivity contribution < 1.29 is 22.8 Å². The maximum absolute atomic E-state index is 14.1. The lowest BCUT2D eigenvalue weighted by atomic mass is 9.88. The molecule has 2 aromatic rings. The second-order valence-electron chi connectivity index (χ2n) is 5.64. The van der Waals surface area contributed by atoms with Crippen LogP contribution in [-0.2, 0) is 22.0 Å². The number of nitrogens with zero attached hydrogens (tertiary/aromatic N) is 1. The van der Waals surface area contributed by atoms with Gasteiger partial charge in [-0.25, -0.2) is 17.9 Å². The van der Waals surface area contributed by atoms with E-state index in [4.69, 9.17) is 5.14 Å². The summed E-state index contributed by atoms with van der Waals surface area (Å²) in [5, 5.41) is 27.1. The molecule has 3 N–H and O–H groups in total. The molecule has 7 nitrogen and oxygen atoms in total. The Morgan fingerprint density at radius 1 is 1.36 bits per heavy atom. The smallest absolute Gasteiger partial charge is 0.292 e. The maximum Gasteiger partial charge on any atom is 0.292 e. The Morgan fingerprint density at radius 2 is 2.00 bits per heavy atom. The fourth-order valence-corrected chi connectivity index (χ4v) is 3.63. The Hall–Kier alpha value is -1.88. The Bertz CT molecular complexity index is 947. The van der Waals surface area contributed by atoms with Crippen molar-refractivity contribution in [2.45, 2.75) is 23.8 Å². The van der Waals surface area contributed by atoms with Crippen LogP contribution in [0.5, 0.6) is 0 Å². The molecule has 0 aliphatic heterocycles. The maximum atomic E-state index is 14.1. The monoisotopic (exact) mass is 432 g/mol. The van der Waals surface area contributed by atoms with E-state index in [2.05, 4.69) is 15.9 Å². The van der Waals surface area contributed by atoms with Crippen LogP contribution >= 0.6 is 15.9 Å². The zero-order chi connectivity index (χ0) is 19.0. The van der Waals surface area contributed by atoms with E-state index in [0.29, 0.717) is 4.47 Å². The largest absolute Gasteiger partial charge is 0.385 e. The van der Waals surface area contributed by atoms with Gasteiger partial charge in [0.2, 0.25) is 10.0 Å². The van der Waals surface area contributed by atoms with E-state index in [1.54, 1.807) is 0 Å². The number of nitro benzene ring substituents is 1. The molecule has 0 unspecified atom stereocenters. The van der Waals surface area contributed by atoms with Gasteiger partial charge in [-0.2, -0.15) is 0 Å². The van der Waals surface area contributed by atoms with Gasteiger partial charge in [-0.3, -0.25) is 10.1 Å². The molecule has 0 saturated carbocycles. The van der Waals surface area contributed by atoms with E-state index in [1.165, 1.54) is 31.2 Å². The topological polar surface area (TPSA) is 124 Å². The summed E-state index contributed by atoms with van der Waals surface area (Å²) in [4.78, 5) is 9.80. The highest BCUT2D eigenvalue weighted by molar-refractivity contribution is 9.10. The fourth-order valence-electron chi connectivity index (χ4n) is 2.52. The summed E-state index contributed by atoms with van der Waals surface area (Å²) in [6.07, 6.45) is -0.389. The molecule has 0 spiro atoms. The molecule has 2 rings (SSSR count). The lowest BCUT2D eigenvalue weighted by molar-refractivity contribution is -0.388. The van der Waals surface area contributed by atoms with Crippen molar-refractivity contribution in [3.8, 4) is 0 Å². The van der Waals surface area contributed by atoms with Crippen molar-refractivity contribution in [1.29, 1.82) is 0 Å². The third kappa shape index (κ3) is 4.21. The predicted octanol–water partition coefficient (Wildman–Crippen LogP) is 2.59. The summed E-state index contributed by atoms with van der Waals surface area (Å²) in [5.41, 5.74) is -2.73. The van der Waals surface area contributed by atoms with Crippen LogP contribution in [0, 0.1) is 15.9 Å². The van der Waals surface area contributed by atoms with E-state index < -0.39 is 36.9 Å². The zero-order valence-corrected chi connectivity index (χ0v) is 15.3. The van der Waals surface area contributed by atoms with Crippen molar-refractivity contribution in [2.24, 2.45) is 5.14 Å². The first-order valence-electron chi connectivity index (χ1n) is 6.90. The number of sulfonamides is 1. The first-order chi connectivity index (χ1) is 11.4. The van der Waals surface area contributed by atoms with Gasteiger partial charge in [0.15, 0.2) is 4.90 Å². The fraction of sp³-hybridized carbons (Fsp3) is 0.200. The van der Waals surface area contributed by atoms with Crippen LogP contribution in [0.3, 0.4) is 0 Å². The summed E-state index contributed by atoms with van der Waals surface area (Å²) < 4.78 is 37.8. The predicted molar refractivity (Wildman–Crippen MR) is 91.8 cm³/mol. The molecule has 0 aliphatic carbocycles. The van der Waals surface area contributed by atoms with Gasteiger partial charge >= 0.3 is 0 Å². The number of hydrogen-bond donors (Lipinski definition) is 2. The standard InChI is InChI=1S/C15H14BrFN2O5S/c1-15(20,11-7-10(16)5-6-12(11)17)8-9-3-2-4-13(25(18,23)24)14(9)19(21)22/h2-7,20H,8H2,1H3,(H2,18,23,24)/t15-/m0/s1. The number of nitro groups is 1. The number of halogens is 2. The average molecular weight is 433 g/mol. The second-order valence-corrected chi connectivity index (χ2v) is 8.09. The zero-order valence-electron chi connectivity index (χ0n) is 12.9. The summed E-state index contributed by atoms with van der Waals surface area (Å²) in [6.45, 7) is 1.28. The molecule has 0 aliphatic rings. The molecule has 0 bridgehead atoms. The van der Waals surface area contributed by atoms with Crippen molar-refractivity contribution in [3.05, 3.63) is 67.9 Å². The van der Waals surface area contributed by atoms with Gasteiger partial charge in [0, 0.05) is 22.0 Å². The van der Waals surface area contributed by atoms with Crippen LogP contribution in [0.4, 0.5) is 10.1 Å². The molecule has 0 radical (unpaired) electrons. The molecular formula is C15H14BrFN2O5S. The highest BCUT2D eigenvalue weighted by Gasteiger charge is 2.33. The van der Waals surface area contributed by atoms with Crippen molar-refractivity contribution in [3.63, 3.8) is 0 Å². The number of rotatable bonds is 5. The van der Waals surface area contributed by atoms with Crippen LogP contribution in [0.15, 0.2) is 45.8 Å². The summed E-state index contributed by atoms with van der Waals surface area (Å²) >= 11 is 3.17. The summed E-state index contributed by atoms with van der Waals surface area (Å²) in [5.74, 6) is -0.696. The second kappa shape index (κ2) is 6.79. The SMILES string of the molecule is C[C@](O)(Cc1cccc(S(N)(=O)=O)c1[N+](=O)[O-])c1cc(Br)ccc1F. The van der Waals surface area contributed by atoms with Gasteiger partial charge in [0.05, 0.1) is 10.5 Å². The molecular weight excluding hydrogens is 419 g/mol. The van der Waals surface area contributed by atoms with E-state index >= 15 is 0 Å². The van der Waals surface area contributed by atoms with Gasteiger partial charge in [0.1, 0.15) is 5.82 Å². The van der Waals surface area contributed by atoms with E-state index in [-0.39, 0.29) is 17.5 Å². The first kappa shape index (κ1) is 19.4. The molecule has 0 fully saturated rings. The van der Waals surface area contributed by atoms with Gasteiger partial charge in [-0.1, -0.05) is 28.1 Å². The van der Waals surface area contributed by atoms with Crippen LogP contribution in [0.25, 0.3) is 0 Å². The van der Waals surface area contributed by atoms with E-state index in [0.717, 1.165) is 12.1 Å². The Morgan fingerprint density at radius 3 is 2.56 bits per heavy atom. The van der Waals surface area contributed by atoms with Crippen molar-refractivity contribution in [1.82, 2.24) is 0 Å². The third-order valence-electron chi connectivity index (χ3n) is 3.61. The Balaban J connectivity index is 2.60. The molecule has 0 amide bonds. The van der Waals surface area contributed by atoms with Crippen molar-refractivity contribution >= 4 is 31.6 Å². The number of aliphatic hydroxyl groups is 1. The minimum Gasteiger partial charge on any atom is -0.385 e. The Labute approximate surface area is 151 Å². The van der Waals surface area contributed by atoms with Crippen LogP contribution < -0.4 is 5.14 Å². The van der Waals surface area contributed by atoms with Gasteiger partial charge in [-0.05, 0) is 31.2 Å². The van der Waals surface area contributed by atoms with E-state index in [1.807, 2.05) is 0 Å². The number of benzene rings is 2. The molecule has 0 heterocycles. The molecule has 134 valence electrons. The quantitative estimate of drug-likeness (QED) is 0.554. The minimum atomic E-state index is -4.34. The number of nitrogens with two attached hydrogens (primary N) is 1. The normalized spacial score (nSPS) is 14.1. The minimum absolute atomic E-state index is 0.0825. The lowest BCUT2D eigenvalue weighted by Crippen LogP contribution is -2.26. The third-order valence-corrected chi connectivity index (χ3v) is 5.05. The van der Waals surface area contributed by atoms with Gasteiger partial charge in [-0.15, -0.1) is 0 Å². The van der Waals surface area contributed by atoms with Crippen molar-refractivity contribution in [2.75, 3.05) is 0 Å². The van der Waals surface area contributed by atoms with Gasteiger partial charge in [0.25, 0.3) is 5.69 Å². The van der Waals surface area contributed by atoms with E-state index in [9.17, 15) is 28.0 Å². The highest BCUT2D eigenvalue weighted by atomic mass is 79.9. The highest BCUT2D eigenvalue weighted by Crippen LogP contribution is 2.35. The summed E-state index contributed by atoms with van der Waals surface area (Å²) in [7, 11) is -4.34. The van der Waals surface area contributed by atoms with Crippen LogP contribution in [-0.4, -0.2) is 18.4 Å². The number of primary sulfonamides is 1. The molecule has 25 heavy (non-hydrogen) atoms. The molecule has 10 heteroatoms. The molecule has 1 atom stereocenters. The first-order valence-corrected chi connectivity index (χ1v) is 9.24. The molecule has 0 aromatic heterocycles. The summed E-state index contributed by atoms with van der Waals surface area (Å²) in [6, 6.07) is 7.50. The number of hydrogen-bond acceptors (Lipinski definition) is 5. The average Bonchev–Trinajstić information content (AvgIpc) is 2.47. The van der Waals surface area contributed by atoms with Crippen LogP contribution in [0.2, 0.25) is 0 Å².